The number of imide groups is 1. The molecule has 0 saturated heterocycles. The Morgan fingerprint density at radius 2 is 1.89 bits per heavy atom. The van der Waals surface area contributed by atoms with Crippen LogP contribution >= 0.6 is 11.3 Å². The van der Waals surface area contributed by atoms with Gasteiger partial charge in [-0.3, -0.25) is 14.9 Å². The van der Waals surface area contributed by atoms with E-state index in [0.717, 1.165) is 10.4 Å². The van der Waals surface area contributed by atoms with Gasteiger partial charge in [-0.25, -0.2) is 4.79 Å². The molecule has 104 valence electrons. The van der Waals surface area contributed by atoms with Crippen molar-refractivity contribution in [1.29, 1.82) is 0 Å². The lowest BCUT2D eigenvalue weighted by atomic mass is 10.1. The average Bonchev–Trinajstić information content (AvgIpc) is 2.64. The fourth-order valence-electron chi connectivity index (χ4n) is 1.41. The highest BCUT2D eigenvalue weighted by atomic mass is 32.1. The number of nitrogens with one attached hydrogen (secondary N) is 2. The van der Waals surface area contributed by atoms with E-state index in [-0.39, 0.29) is 5.91 Å². The number of alkyl carbamates (subject to hydrolysis) is 1. The van der Waals surface area contributed by atoms with Gasteiger partial charge in [-0.15, -0.1) is 11.3 Å². The van der Waals surface area contributed by atoms with Crippen molar-refractivity contribution in [2.75, 3.05) is 12.4 Å². The zero-order valence-electron chi connectivity index (χ0n) is 11.2. The average molecular weight is 284 g/mol. The monoisotopic (exact) mass is 284 g/mol. The predicted molar refractivity (Wildman–Crippen MR) is 72.6 cm³/mol. The summed E-state index contributed by atoms with van der Waals surface area (Å²) in [6.07, 6.45) is -0.519. The summed E-state index contributed by atoms with van der Waals surface area (Å²) in [6, 6.07) is 0. The van der Waals surface area contributed by atoms with Crippen LogP contribution in [-0.2, 0) is 9.53 Å². The van der Waals surface area contributed by atoms with Gasteiger partial charge in [0.05, 0.1) is 12.7 Å². The van der Waals surface area contributed by atoms with Crippen LogP contribution in [0.5, 0.6) is 0 Å². The molecule has 1 aromatic heterocycles. The third kappa shape index (κ3) is 3.54. The van der Waals surface area contributed by atoms with E-state index in [9.17, 15) is 14.4 Å². The van der Waals surface area contributed by atoms with Gasteiger partial charge in [0.2, 0.25) is 5.91 Å². The second-order valence-corrected chi connectivity index (χ2v) is 5.06. The molecule has 0 saturated carbocycles. The van der Waals surface area contributed by atoms with Gasteiger partial charge in [-0.05, 0) is 19.4 Å². The first-order valence-corrected chi connectivity index (χ1v) is 6.51. The quantitative estimate of drug-likeness (QED) is 0.891. The third-order valence-electron chi connectivity index (χ3n) is 2.59. The SMILES string of the molecule is CCC(=O)Nc1sc(C)c(C)c1C(=O)NC(=O)OC. The Labute approximate surface area is 115 Å². The van der Waals surface area contributed by atoms with Crippen molar-refractivity contribution in [2.45, 2.75) is 27.2 Å². The number of anilines is 1. The van der Waals surface area contributed by atoms with Gasteiger partial charge >= 0.3 is 6.09 Å². The molecule has 0 aliphatic heterocycles. The molecule has 19 heavy (non-hydrogen) atoms. The highest BCUT2D eigenvalue weighted by Crippen LogP contribution is 2.32. The van der Waals surface area contributed by atoms with Crippen LogP contribution in [0.15, 0.2) is 0 Å². The minimum absolute atomic E-state index is 0.187. The number of carbonyl (C=O) groups is 3. The maximum absolute atomic E-state index is 12.0. The fourth-order valence-corrected chi connectivity index (χ4v) is 2.48. The summed E-state index contributed by atoms with van der Waals surface area (Å²) in [6.45, 7) is 5.33. The number of ether oxygens (including phenoxy) is 1. The van der Waals surface area contributed by atoms with Gasteiger partial charge in [0.25, 0.3) is 5.91 Å². The van der Waals surface area contributed by atoms with Crippen molar-refractivity contribution in [1.82, 2.24) is 5.32 Å². The summed E-state index contributed by atoms with van der Waals surface area (Å²) in [5, 5.41) is 5.20. The van der Waals surface area contributed by atoms with E-state index >= 15 is 0 Å². The van der Waals surface area contributed by atoms with Crippen molar-refractivity contribution < 1.29 is 19.1 Å². The standard InChI is InChI=1S/C12H16N2O4S/c1-5-8(15)13-11-9(6(2)7(3)19-11)10(16)14-12(17)18-4/h5H2,1-4H3,(H,13,15)(H,14,16,17). The molecule has 7 heteroatoms. The van der Waals surface area contributed by atoms with E-state index in [1.54, 1.807) is 13.8 Å². The second-order valence-electron chi connectivity index (χ2n) is 3.83. The largest absolute Gasteiger partial charge is 0.453 e. The molecule has 0 spiro atoms. The number of aryl methyl sites for hydroxylation is 1. The topological polar surface area (TPSA) is 84.5 Å². The molecule has 0 atom stereocenters. The molecule has 0 aromatic carbocycles. The van der Waals surface area contributed by atoms with Crippen LogP contribution in [0.4, 0.5) is 9.80 Å². The van der Waals surface area contributed by atoms with E-state index in [4.69, 9.17) is 0 Å². The highest BCUT2D eigenvalue weighted by molar-refractivity contribution is 7.16. The number of hydrogen-bond acceptors (Lipinski definition) is 5. The Morgan fingerprint density at radius 1 is 1.26 bits per heavy atom. The Hall–Kier alpha value is -1.89. The van der Waals surface area contributed by atoms with Gasteiger partial charge in [0.15, 0.2) is 0 Å². The lowest BCUT2D eigenvalue weighted by Crippen LogP contribution is -2.31. The molecule has 1 rings (SSSR count). The van der Waals surface area contributed by atoms with Gasteiger partial charge in [0.1, 0.15) is 5.00 Å². The maximum atomic E-state index is 12.0. The fraction of sp³-hybridized carbons (Fsp3) is 0.417. The molecule has 0 fully saturated rings. The summed E-state index contributed by atoms with van der Waals surface area (Å²) >= 11 is 1.30. The summed E-state index contributed by atoms with van der Waals surface area (Å²) in [7, 11) is 1.17. The Kier molecular flexibility index (Phi) is 5.05. The van der Waals surface area contributed by atoms with Crippen molar-refractivity contribution >= 4 is 34.2 Å². The van der Waals surface area contributed by atoms with Crippen molar-refractivity contribution in [2.24, 2.45) is 0 Å². The highest BCUT2D eigenvalue weighted by Gasteiger charge is 2.22. The smallest absolute Gasteiger partial charge is 0.413 e. The van der Waals surface area contributed by atoms with Gasteiger partial charge in [0, 0.05) is 11.3 Å². The van der Waals surface area contributed by atoms with E-state index in [2.05, 4.69) is 15.4 Å². The lowest BCUT2D eigenvalue weighted by Gasteiger charge is -2.06. The third-order valence-corrected chi connectivity index (χ3v) is 3.71. The van der Waals surface area contributed by atoms with Crippen LogP contribution in [0.1, 0.15) is 34.1 Å². The van der Waals surface area contributed by atoms with Crippen molar-refractivity contribution in [3.8, 4) is 0 Å². The molecule has 0 aliphatic rings. The molecule has 2 N–H and O–H groups in total. The molecule has 1 heterocycles. The van der Waals surface area contributed by atoms with Gasteiger partial charge < -0.3 is 10.1 Å². The number of amides is 3. The second kappa shape index (κ2) is 6.33. The van der Waals surface area contributed by atoms with Crippen LogP contribution < -0.4 is 10.6 Å². The first kappa shape index (κ1) is 15.2. The molecule has 0 aliphatic carbocycles. The van der Waals surface area contributed by atoms with Gasteiger partial charge in [-0.1, -0.05) is 6.92 Å². The van der Waals surface area contributed by atoms with Gasteiger partial charge in [-0.2, -0.15) is 0 Å². The lowest BCUT2D eigenvalue weighted by molar-refractivity contribution is -0.115. The van der Waals surface area contributed by atoms with Crippen LogP contribution in [0, 0.1) is 13.8 Å². The minimum Gasteiger partial charge on any atom is -0.453 e. The van der Waals surface area contributed by atoms with E-state index in [1.165, 1.54) is 18.4 Å². The molecule has 0 unspecified atom stereocenters. The molecule has 3 amide bonds. The number of rotatable bonds is 3. The first-order chi connectivity index (χ1) is 8.90. The normalized spacial score (nSPS) is 9.89. The summed E-state index contributed by atoms with van der Waals surface area (Å²) in [5.74, 6) is -0.770. The Balaban J connectivity index is 3.07. The maximum Gasteiger partial charge on any atom is 0.413 e. The van der Waals surface area contributed by atoms with Crippen molar-refractivity contribution in [3.63, 3.8) is 0 Å². The summed E-state index contributed by atoms with van der Waals surface area (Å²) in [5.41, 5.74) is 1.03. The zero-order valence-corrected chi connectivity index (χ0v) is 12.1. The van der Waals surface area contributed by atoms with Crippen molar-refractivity contribution in [3.05, 3.63) is 16.0 Å². The zero-order chi connectivity index (χ0) is 14.6. The Bertz CT molecular complexity index is 522. The number of carbonyl (C=O) groups excluding carboxylic acids is 3. The first-order valence-electron chi connectivity index (χ1n) is 5.69. The van der Waals surface area contributed by atoms with Crippen LogP contribution in [0.2, 0.25) is 0 Å². The minimum atomic E-state index is -0.832. The van der Waals surface area contributed by atoms with E-state index < -0.39 is 12.0 Å². The van der Waals surface area contributed by atoms with E-state index in [0.29, 0.717) is 17.0 Å². The molecule has 6 nitrogen and oxygen atoms in total. The number of hydrogen-bond donors (Lipinski definition) is 2. The summed E-state index contributed by atoms with van der Waals surface area (Å²) < 4.78 is 4.38. The summed E-state index contributed by atoms with van der Waals surface area (Å²) in [4.78, 5) is 35.4. The molecule has 1 aromatic rings. The van der Waals surface area contributed by atoms with Crippen LogP contribution in [0.25, 0.3) is 0 Å². The Morgan fingerprint density at radius 3 is 2.42 bits per heavy atom. The molecular formula is C12H16N2O4S. The van der Waals surface area contributed by atoms with E-state index in [1.807, 2.05) is 6.92 Å². The number of thiophene rings is 1. The molecular weight excluding hydrogens is 268 g/mol. The van der Waals surface area contributed by atoms with Crippen LogP contribution in [0.3, 0.4) is 0 Å². The van der Waals surface area contributed by atoms with Crippen LogP contribution in [-0.4, -0.2) is 25.0 Å². The molecule has 0 radical (unpaired) electrons. The molecule has 0 bridgehead atoms. The predicted octanol–water partition coefficient (Wildman–Crippen LogP) is 2.21. The number of methoxy groups -OCH3 is 1.